The number of carbonyl (C=O) groups is 1. The average molecular weight is 494 g/mol. The third-order valence-electron chi connectivity index (χ3n) is 6.73. The molecule has 0 spiro atoms. The molecular weight excluding hydrogens is 458 g/mol. The lowest BCUT2D eigenvalue weighted by Crippen LogP contribution is -2.33. The van der Waals surface area contributed by atoms with Crippen LogP contribution in [0.25, 0.3) is 11.1 Å². The minimum absolute atomic E-state index is 0.0707. The normalized spacial score (nSPS) is 12.6. The third kappa shape index (κ3) is 6.87. The number of carbonyl (C=O) groups excluding carboxylic acids is 1. The zero-order chi connectivity index (χ0) is 26.0. The Morgan fingerprint density at radius 3 is 2.08 bits per heavy atom. The molecule has 0 saturated heterocycles. The van der Waals surface area contributed by atoms with Gasteiger partial charge in [0.25, 0.3) is 0 Å². The summed E-state index contributed by atoms with van der Waals surface area (Å²) in [4.78, 5) is 15.3. The molecule has 0 bridgehead atoms. The molecule has 4 rings (SSSR count). The Morgan fingerprint density at radius 2 is 1.41 bits per heavy atom. The average Bonchev–Trinajstić information content (AvgIpc) is 2.96. The Hall–Kier alpha value is -3.89. The highest BCUT2D eigenvalue weighted by Crippen LogP contribution is 2.36. The van der Waals surface area contributed by atoms with Crippen LogP contribution in [0, 0.1) is 0 Å². The van der Waals surface area contributed by atoms with Crippen LogP contribution >= 0.6 is 0 Å². The number of hydrogen-bond acceptors (Lipinski definition) is 4. The fourth-order valence-electron chi connectivity index (χ4n) is 4.77. The van der Waals surface area contributed by atoms with E-state index < -0.39 is 0 Å². The Bertz CT molecular complexity index is 1270. The van der Waals surface area contributed by atoms with Crippen molar-refractivity contribution in [2.75, 3.05) is 13.7 Å². The molecule has 190 valence electrons. The van der Waals surface area contributed by atoms with Gasteiger partial charge < -0.3 is 9.47 Å². The van der Waals surface area contributed by atoms with Crippen molar-refractivity contribution in [1.82, 2.24) is 4.90 Å². The second-order valence-electron chi connectivity index (χ2n) is 9.13. The van der Waals surface area contributed by atoms with E-state index in [9.17, 15) is 4.79 Å². The van der Waals surface area contributed by atoms with Crippen LogP contribution in [-0.2, 0) is 16.1 Å². The summed E-state index contributed by atoms with van der Waals surface area (Å²) in [6.45, 7) is 5.12. The first kappa shape index (κ1) is 26.2. The van der Waals surface area contributed by atoms with Crippen LogP contribution in [0.1, 0.15) is 49.0 Å². The molecule has 4 heteroatoms. The summed E-state index contributed by atoms with van der Waals surface area (Å²) in [5, 5.41) is 0. The maximum atomic E-state index is 12.9. The zero-order valence-electron chi connectivity index (χ0n) is 21.8. The molecule has 0 N–H and O–H groups in total. The molecule has 0 saturated carbocycles. The molecule has 0 heterocycles. The first-order valence-electron chi connectivity index (χ1n) is 12.8. The molecule has 0 fully saturated rings. The van der Waals surface area contributed by atoms with Gasteiger partial charge in [-0.05, 0) is 59.9 Å². The first-order chi connectivity index (χ1) is 18.1. The molecule has 0 aliphatic carbocycles. The number of methoxy groups -OCH3 is 1. The Balaban J connectivity index is 1.79. The Labute approximate surface area is 220 Å². The van der Waals surface area contributed by atoms with Crippen molar-refractivity contribution >= 4 is 5.97 Å². The summed E-state index contributed by atoms with van der Waals surface area (Å²) < 4.78 is 10.9. The quantitative estimate of drug-likeness (QED) is 0.201. The van der Waals surface area contributed by atoms with Gasteiger partial charge >= 0.3 is 5.97 Å². The van der Waals surface area contributed by atoms with Gasteiger partial charge in [-0.25, -0.2) is 0 Å². The topological polar surface area (TPSA) is 38.8 Å². The number of nitrogens with zero attached hydrogens (tertiary/aromatic N) is 1. The maximum Gasteiger partial charge on any atom is 0.307 e. The van der Waals surface area contributed by atoms with E-state index in [1.807, 2.05) is 37.3 Å². The van der Waals surface area contributed by atoms with E-state index in [0.717, 1.165) is 22.4 Å². The highest BCUT2D eigenvalue weighted by Gasteiger charge is 2.29. The molecule has 0 unspecified atom stereocenters. The third-order valence-corrected chi connectivity index (χ3v) is 6.73. The summed E-state index contributed by atoms with van der Waals surface area (Å²) in [6, 6.07) is 37.3. The predicted octanol–water partition coefficient (Wildman–Crippen LogP) is 7.62. The van der Waals surface area contributed by atoms with E-state index in [-0.39, 0.29) is 24.5 Å². The lowest BCUT2D eigenvalue weighted by Gasteiger charge is -2.37. The smallest absolute Gasteiger partial charge is 0.307 e. The fourth-order valence-corrected chi connectivity index (χ4v) is 4.77. The second kappa shape index (κ2) is 12.9. The van der Waals surface area contributed by atoms with Gasteiger partial charge in [-0.15, -0.1) is 0 Å². The summed E-state index contributed by atoms with van der Waals surface area (Å²) in [5.41, 5.74) is 5.63. The van der Waals surface area contributed by atoms with Gasteiger partial charge in [-0.3, -0.25) is 9.69 Å². The summed E-state index contributed by atoms with van der Waals surface area (Å²) in [7, 11) is 1.68. The predicted molar refractivity (Wildman–Crippen MR) is 149 cm³/mol. The van der Waals surface area contributed by atoms with Gasteiger partial charge in [0, 0.05) is 18.6 Å². The van der Waals surface area contributed by atoms with Crippen LogP contribution in [0.2, 0.25) is 0 Å². The molecule has 4 nitrogen and oxygen atoms in total. The van der Waals surface area contributed by atoms with Crippen molar-refractivity contribution in [3.8, 4) is 16.9 Å². The van der Waals surface area contributed by atoms with Crippen LogP contribution in [-0.4, -0.2) is 24.6 Å². The number of ether oxygens (including phenoxy) is 2. The Morgan fingerprint density at radius 1 is 0.784 bits per heavy atom. The van der Waals surface area contributed by atoms with E-state index in [2.05, 4.69) is 90.7 Å². The number of esters is 1. The first-order valence-corrected chi connectivity index (χ1v) is 12.8. The monoisotopic (exact) mass is 493 g/mol. The van der Waals surface area contributed by atoms with Gasteiger partial charge in [0.2, 0.25) is 0 Å². The molecular formula is C33H35NO3. The van der Waals surface area contributed by atoms with E-state index in [1.165, 1.54) is 11.1 Å². The number of benzene rings is 4. The van der Waals surface area contributed by atoms with E-state index in [1.54, 1.807) is 7.11 Å². The number of rotatable bonds is 11. The van der Waals surface area contributed by atoms with Crippen LogP contribution in [0.4, 0.5) is 0 Å². The second-order valence-corrected chi connectivity index (χ2v) is 9.13. The molecule has 0 aliphatic rings. The van der Waals surface area contributed by atoms with Crippen molar-refractivity contribution in [2.45, 2.75) is 38.9 Å². The molecule has 4 aromatic carbocycles. The van der Waals surface area contributed by atoms with Crippen molar-refractivity contribution in [2.24, 2.45) is 0 Å². The lowest BCUT2D eigenvalue weighted by molar-refractivity contribution is -0.145. The van der Waals surface area contributed by atoms with Gasteiger partial charge in [0.1, 0.15) is 5.75 Å². The molecule has 4 aromatic rings. The summed E-state index contributed by atoms with van der Waals surface area (Å²) in [5.74, 6) is 0.618. The standard InChI is InChI=1S/C33H35NO3/c1-4-37-33(35)23-32(30-19-11-17-28(21-30)29-18-12-20-31(22-29)36-3)34(24-26-13-7-5-8-14-26)25(2)27-15-9-6-10-16-27/h5-22,25,32H,4,23-24H2,1-3H3/t25-,32+/m1/s1. The molecule has 2 atom stereocenters. The van der Waals surface area contributed by atoms with Crippen LogP contribution < -0.4 is 4.74 Å². The molecule has 0 aromatic heterocycles. The van der Waals surface area contributed by atoms with Crippen molar-refractivity contribution in [3.63, 3.8) is 0 Å². The summed E-state index contributed by atoms with van der Waals surface area (Å²) >= 11 is 0. The SMILES string of the molecule is CCOC(=O)C[C@@H](c1cccc(-c2cccc(OC)c2)c1)N(Cc1ccccc1)[C@H](C)c1ccccc1. The highest BCUT2D eigenvalue weighted by atomic mass is 16.5. The molecule has 0 aliphatic heterocycles. The van der Waals surface area contributed by atoms with Crippen molar-refractivity contribution in [3.05, 3.63) is 126 Å². The maximum absolute atomic E-state index is 12.9. The fraction of sp³-hybridized carbons (Fsp3) is 0.242. The van der Waals surface area contributed by atoms with E-state index in [4.69, 9.17) is 9.47 Å². The minimum Gasteiger partial charge on any atom is -0.497 e. The van der Waals surface area contributed by atoms with Crippen LogP contribution in [0.15, 0.2) is 109 Å². The van der Waals surface area contributed by atoms with Crippen LogP contribution in [0.3, 0.4) is 0 Å². The highest BCUT2D eigenvalue weighted by molar-refractivity contribution is 5.71. The van der Waals surface area contributed by atoms with E-state index >= 15 is 0 Å². The van der Waals surface area contributed by atoms with Crippen molar-refractivity contribution < 1.29 is 14.3 Å². The van der Waals surface area contributed by atoms with Gasteiger partial charge in [0.15, 0.2) is 0 Å². The van der Waals surface area contributed by atoms with Gasteiger partial charge in [-0.2, -0.15) is 0 Å². The zero-order valence-corrected chi connectivity index (χ0v) is 21.8. The lowest BCUT2D eigenvalue weighted by atomic mass is 9.94. The van der Waals surface area contributed by atoms with Gasteiger partial charge in [0.05, 0.1) is 20.1 Å². The molecule has 0 amide bonds. The van der Waals surface area contributed by atoms with Crippen LogP contribution in [0.5, 0.6) is 5.75 Å². The van der Waals surface area contributed by atoms with E-state index in [0.29, 0.717) is 13.2 Å². The Kier molecular flexibility index (Phi) is 9.12. The number of hydrogen-bond donors (Lipinski definition) is 0. The molecule has 0 radical (unpaired) electrons. The molecule has 37 heavy (non-hydrogen) atoms. The minimum atomic E-state index is -0.197. The largest absolute Gasteiger partial charge is 0.497 e. The van der Waals surface area contributed by atoms with Crippen molar-refractivity contribution in [1.29, 1.82) is 0 Å². The van der Waals surface area contributed by atoms with Gasteiger partial charge in [-0.1, -0.05) is 91.0 Å². The summed E-state index contributed by atoms with van der Waals surface area (Å²) in [6.07, 6.45) is 0.263.